The summed E-state index contributed by atoms with van der Waals surface area (Å²) in [5.74, 6) is 0.535. The van der Waals surface area contributed by atoms with E-state index in [2.05, 4.69) is 36.2 Å². The third-order valence-electron chi connectivity index (χ3n) is 3.35. The molecule has 104 valence electrons. The summed E-state index contributed by atoms with van der Waals surface area (Å²) in [6.45, 7) is 5.76. The maximum absolute atomic E-state index is 5.75. The van der Waals surface area contributed by atoms with Crippen LogP contribution in [-0.4, -0.2) is 29.5 Å². The number of hydrogen-bond acceptors (Lipinski definition) is 3. The van der Waals surface area contributed by atoms with Crippen molar-refractivity contribution in [3.8, 4) is 0 Å². The minimum atomic E-state index is 0.535. The SMILES string of the molecule is CCCC(C)N(C)CCCCc1nc(CCl)cs1. The highest BCUT2D eigenvalue weighted by Crippen LogP contribution is 2.14. The fraction of sp³-hybridized carbons (Fsp3) is 0.786. The minimum absolute atomic E-state index is 0.535. The average molecular weight is 289 g/mol. The van der Waals surface area contributed by atoms with Crippen LogP contribution < -0.4 is 0 Å². The number of aromatic nitrogens is 1. The van der Waals surface area contributed by atoms with E-state index in [0.717, 1.165) is 12.1 Å². The van der Waals surface area contributed by atoms with E-state index in [4.69, 9.17) is 11.6 Å². The van der Waals surface area contributed by atoms with Crippen LogP contribution in [-0.2, 0) is 12.3 Å². The monoisotopic (exact) mass is 288 g/mol. The van der Waals surface area contributed by atoms with Gasteiger partial charge in [0.15, 0.2) is 0 Å². The number of nitrogens with zero attached hydrogens (tertiary/aromatic N) is 2. The highest BCUT2D eigenvalue weighted by molar-refractivity contribution is 7.09. The van der Waals surface area contributed by atoms with Crippen LogP contribution >= 0.6 is 22.9 Å². The van der Waals surface area contributed by atoms with Gasteiger partial charge in [-0.2, -0.15) is 0 Å². The van der Waals surface area contributed by atoms with Crippen LogP contribution in [0.25, 0.3) is 0 Å². The molecule has 0 saturated carbocycles. The highest BCUT2D eigenvalue weighted by Gasteiger charge is 2.07. The van der Waals surface area contributed by atoms with Gasteiger partial charge in [-0.1, -0.05) is 13.3 Å². The van der Waals surface area contributed by atoms with Gasteiger partial charge in [0.05, 0.1) is 16.6 Å². The van der Waals surface area contributed by atoms with Crippen LogP contribution in [0.15, 0.2) is 5.38 Å². The second-order valence-electron chi connectivity index (χ2n) is 4.94. The third kappa shape index (κ3) is 5.68. The van der Waals surface area contributed by atoms with E-state index in [1.54, 1.807) is 11.3 Å². The zero-order valence-electron chi connectivity index (χ0n) is 11.8. The normalized spacial score (nSPS) is 13.2. The molecule has 0 amide bonds. The van der Waals surface area contributed by atoms with Crippen molar-refractivity contribution in [3.63, 3.8) is 0 Å². The van der Waals surface area contributed by atoms with Crippen molar-refractivity contribution in [2.24, 2.45) is 0 Å². The lowest BCUT2D eigenvalue weighted by molar-refractivity contribution is 0.240. The summed E-state index contributed by atoms with van der Waals surface area (Å²) in [5, 5.41) is 3.30. The highest BCUT2D eigenvalue weighted by atomic mass is 35.5. The van der Waals surface area contributed by atoms with E-state index < -0.39 is 0 Å². The van der Waals surface area contributed by atoms with Gasteiger partial charge in [0.2, 0.25) is 0 Å². The second kappa shape index (κ2) is 8.89. The summed E-state index contributed by atoms with van der Waals surface area (Å²) in [4.78, 5) is 6.95. The standard InChI is InChI=1S/C14H25ClN2S/c1-4-7-12(2)17(3)9-6-5-8-14-16-13(10-15)11-18-14/h11-12H,4-10H2,1-3H3. The van der Waals surface area contributed by atoms with Gasteiger partial charge in [0, 0.05) is 11.4 Å². The summed E-state index contributed by atoms with van der Waals surface area (Å²) < 4.78 is 0. The van der Waals surface area contributed by atoms with E-state index in [9.17, 15) is 0 Å². The molecule has 0 bridgehead atoms. The molecule has 1 rings (SSSR count). The Labute approximate surface area is 120 Å². The molecule has 1 unspecified atom stereocenters. The maximum Gasteiger partial charge on any atom is 0.0928 e. The van der Waals surface area contributed by atoms with Crippen molar-refractivity contribution >= 4 is 22.9 Å². The van der Waals surface area contributed by atoms with Crippen LogP contribution in [0.1, 0.15) is 50.2 Å². The van der Waals surface area contributed by atoms with Crippen molar-refractivity contribution in [2.75, 3.05) is 13.6 Å². The first-order valence-electron chi connectivity index (χ1n) is 6.86. The number of unbranched alkanes of at least 4 members (excludes halogenated alkanes) is 1. The molecular weight excluding hydrogens is 264 g/mol. The molecular formula is C14H25ClN2S. The molecule has 0 fully saturated rings. The summed E-state index contributed by atoms with van der Waals surface area (Å²) in [5.41, 5.74) is 1.02. The molecule has 0 aliphatic heterocycles. The Morgan fingerprint density at radius 3 is 2.83 bits per heavy atom. The lowest BCUT2D eigenvalue weighted by Gasteiger charge is -2.24. The number of hydrogen-bond donors (Lipinski definition) is 0. The topological polar surface area (TPSA) is 16.1 Å². The van der Waals surface area contributed by atoms with Crippen molar-refractivity contribution in [3.05, 3.63) is 16.1 Å². The summed E-state index contributed by atoms with van der Waals surface area (Å²) in [7, 11) is 2.23. The minimum Gasteiger partial charge on any atom is -0.304 e. The Hall–Kier alpha value is -0.120. The lowest BCUT2D eigenvalue weighted by atomic mass is 10.1. The number of thiazole rings is 1. The first-order chi connectivity index (χ1) is 8.67. The fourth-order valence-corrected chi connectivity index (χ4v) is 3.09. The van der Waals surface area contributed by atoms with Gasteiger partial charge in [-0.3, -0.25) is 0 Å². The molecule has 0 aromatic carbocycles. The number of rotatable bonds is 9. The van der Waals surface area contributed by atoms with Gasteiger partial charge in [-0.15, -0.1) is 22.9 Å². The Morgan fingerprint density at radius 1 is 1.44 bits per heavy atom. The first-order valence-corrected chi connectivity index (χ1v) is 8.28. The van der Waals surface area contributed by atoms with E-state index in [1.807, 2.05) is 0 Å². The Balaban J connectivity index is 2.14. The fourth-order valence-electron chi connectivity index (χ4n) is 2.02. The van der Waals surface area contributed by atoms with Crippen LogP contribution in [0.3, 0.4) is 0 Å². The van der Waals surface area contributed by atoms with Gasteiger partial charge >= 0.3 is 0 Å². The van der Waals surface area contributed by atoms with Gasteiger partial charge in [-0.25, -0.2) is 4.98 Å². The van der Waals surface area contributed by atoms with Gasteiger partial charge in [0.25, 0.3) is 0 Å². The number of halogens is 1. The molecule has 4 heteroatoms. The molecule has 0 radical (unpaired) electrons. The Kier molecular flexibility index (Phi) is 7.87. The molecule has 1 aromatic heterocycles. The molecule has 0 N–H and O–H groups in total. The van der Waals surface area contributed by atoms with Crippen molar-refractivity contribution in [2.45, 2.75) is 57.9 Å². The van der Waals surface area contributed by atoms with Crippen LogP contribution in [0.2, 0.25) is 0 Å². The molecule has 18 heavy (non-hydrogen) atoms. The third-order valence-corrected chi connectivity index (χ3v) is 4.58. The van der Waals surface area contributed by atoms with Crippen LogP contribution in [0.5, 0.6) is 0 Å². The Bertz CT molecular complexity index is 327. The predicted molar refractivity (Wildman–Crippen MR) is 81.6 cm³/mol. The molecule has 0 spiro atoms. The van der Waals surface area contributed by atoms with E-state index >= 15 is 0 Å². The van der Waals surface area contributed by atoms with Gasteiger partial charge in [-0.05, 0) is 46.2 Å². The summed E-state index contributed by atoms with van der Waals surface area (Å²) >= 11 is 7.48. The second-order valence-corrected chi connectivity index (χ2v) is 6.15. The first kappa shape index (κ1) is 15.9. The van der Waals surface area contributed by atoms with Crippen molar-refractivity contribution in [1.29, 1.82) is 0 Å². The van der Waals surface area contributed by atoms with E-state index in [-0.39, 0.29) is 0 Å². The number of aryl methyl sites for hydroxylation is 1. The molecule has 0 aliphatic carbocycles. The molecule has 0 aliphatic rings. The quantitative estimate of drug-likeness (QED) is 0.497. The smallest absolute Gasteiger partial charge is 0.0928 e. The number of alkyl halides is 1. The maximum atomic E-state index is 5.75. The van der Waals surface area contributed by atoms with Crippen LogP contribution in [0.4, 0.5) is 0 Å². The van der Waals surface area contributed by atoms with Gasteiger partial charge in [0.1, 0.15) is 0 Å². The predicted octanol–water partition coefficient (Wildman–Crippen LogP) is 4.33. The Morgan fingerprint density at radius 2 is 2.22 bits per heavy atom. The van der Waals surface area contributed by atoms with Crippen molar-refractivity contribution < 1.29 is 0 Å². The zero-order chi connectivity index (χ0) is 13.4. The lowest BCUT2D eigenvalue weighted by Crippen LogP contribution is -2.29. The van der Waals surface area contributed by atoms with Gasteiger partial charge < -0.3 is 4.90 Å². The van der Waals surface area contributed by atoms with E-state index in [1.165, 1.54) is 37.2 Å². The molecule has 1 atom stereocenters. The molecule has 2 nitrogen and oxygen atoms in total. The summed E-state index contributed by atoms with van der Waals surface area (Å²) in [6, 6.07) is 0.706. The molecule has 0 saturated heterocycles. The molecule has 1 heterocycles. The average Bonchev–Trinajstić information content (AvgIpc) is 2.82. The largest absolute Gasteiger partial charge is 0.304 e. The van der Waals surface area contributed by atoms with Crippen LogP contribution in [0, 0.1) is 0 Å². The molecule has 1 aromatic rings. The van der Waals surface area contributed by atoms with E-state index in [0.29, 0.717) is 11.9 Å². The zero-order valence-corrected chi connectivity index (χ0v) is 13.4. The van der Waals surface area contributed by atoms with Crippen molar-refractivity contribution in [1.82, 2.24) is 9.88 Å². The summed E-state index contributed by atoms with van der Waals surface area (Å²) in [6.07, 6.45) is 6.13.